The Morgan fingerprint density at radius 3 is 1.24 bits per heavy atom. The molecule has 27 nitrogen and oxygen atoms in total. The van der Waals surface area contributed by atoms with Crippen LogP contribution in [0.2, 0.25) is 0 Å². The van der Waals surface area contributed by atoms with E-state index in [0.717, 1.165) is 84.9 Å². The number of anilines is 3. The molecule has 4 aromatic carbocycles. The van der Waals surface area contributed by atoms with Crippen LogP contribution in [-0.2, 0) is 40.5 Å². The summed E-state index contributed by atoms with van der Waals surface area (Å²) in [6, 6.07) is 12.4. The third-order valence-electron chi connectivity index (χ3n) is 9.57. The van der Waals surface area contributed by atoms with Crippen LogP contribution in [0, 0.1) is 0 Å². The van der Waals surface area contributed by atoms with E-state index >= 15 is 0 Å². The molecule has 0 aliphatic rings. The minimum atomic E-state index is -5.47. The van der Waals surface area contributed by atoms with Crippen molar-refractivity contribution in [1.82, 2.24) is 29.9 Å². The number of hydrogen-bond donors (Lipinski definition) is 5. The summed E-state index contributed by atoms with van der Waals surface area (Å²) in [5, 5.41) is 38.7. The van der Waals surface area contributed by atoms with Gasteiger partial charge in [-0.25, -0.2) is 33.7 Å². The molecular weight excluding hydrogens is 1110 g/mol. The average molecular weight is 1150 g/mol. The maximum atomic E-state index is 12.8. The van der Waals surface area contributed by atoms with Crippen molar-refractivity contribution in [1.29, 1.82) is 0 Å². The molecule has 2 aromatic heterocycles. The van der Waals surface area contributed by atoms with E-state index < -0.39 is 110 Å². The average Bonchev–Trinajstić information content (AvgIpc) is 3.29. The van der Waals surface area contributed by atoms with Crippen molar-refractivity contribution in [3.05, 3.63) is 90.0 Å². The molecule has 6 rings (SSSR count). The van der Waals surface area contributed by atoms with E-state index in [1.165, 1.54) is 15.9 Å². The molecule has 0 aliphatic carbocycles. The Morgan fingerprint density at radius 1 is 0.480 bits per heavy atom. The second kappa shape index (κ2) is 29.4. The smallest absolute Gasteiger partial charge is 0.744 e. The van der Waals surface area contributed by atoms with Gasteiger partial charge in [-0.2, -0.15) is 29.9 Å². The second-order valence-electron chi connectivity index (χ2n) is 14.4. The molecule has 0 atom stereocenters. The van der Waals surface area contributed by atoms with Gasteiger partial charge in [-0.05, 0) is 72.3 Å². The molecule has 0 saturated heterocycles. The normalized spacial score (nSPS) is 11.6. The van der Waals surface area contributed by atoms with Crippen LogP contribution in [0.4, 0.5) is 17.6 Å². The van der Waals surface area contributed by atoms with Crippen LogP contribution in [0.25, 0.3) is 34.9 Å². The van der Waals surface area contributed by atoms with Crippen LogP contribution in [-0.4, -0.2) is 155 Å². The van der Waals surface area contributed by atoms with Crippen LogP contribution in [0.3, 0.4) is 0 Å². The van der Waals surface area contributed by atoms with Gasteiger partial charge >= 0.3 is 130 Å². The summed E-state index contributed by atoms with van der Waals surface area (Å²) in [6.07, 6.45) is 1.91. The number of nitrogen functional groups attached to an aromatic ring is 1. The molecule has 378 valence electrons. The summed E-state index contributed by atoms with van der Waals surface area (Å²) >= 11 is 0. The van der Waals surface area contributed by atoms with Crippen molar-refractivity contribution < 1.29 is 200 Å². The van der Waals surface area contributed by atoms with E-state index in [9.17, 15) is 72.3 Å². The molecule has 0 spiro atoms. The first kappa shape index (κ1) is 68.2. The molecule has 0 saturated carbocycles. The van der Waals surface area contributed by atoms with Crippen LogP contribution in [0.1, 0.15) is 11.1 Å². The number of nitrogens with two attached hydrogens (primary N) is 1. The van der Waals surface area contributed by atoms with Gasteiger partial charge in [0.15, 0.2) is 11.6 Å². The first-order valence-electron chi connectivity index (χ1n) is 20.0. The predicted octanol–water partition coefficient (Wildman–Crippen LogP) is -12.1. The third kappa shape index (κ3) is 18.6. The fraction of sp³-hybridized carbons (Fsp3) is 0.200. The van der Waals surface area contributed by atoms with E-state index in [-0.39, 0.29) is 196 Å². The molecular formula is C40H37N9Na4O18S4. The van der Waals surface area contributed by atoms with E-state index in [2.05, 4.69) is 29.9 Å². The Balaban J connectivity index is 0.00000481. The Bertz CT molecular complexity index is 3420. The maximum absolute atomic E-state index is 12.8. The monoisotopic (exact) mass is 1150 g/mol. The Labute approximate surface area is 517 Å². The maximum Gasteiger partial charge on any atom is 1.00 e. The Morgan fingerprint density at radius 2 is 0.867 bits per heavy atom. The summed E-state index contributed by atoms with van der Waals surface area (Å²) < 4.78 is 157. The summed E-state index contributed by atoms with van der Waals surface area (Å²) in [4.78, 5) is 24.8. The van der Waals surface area contributed by atoms with Gasteiger partial charge in [0.2, 0.25) is 11.9 Å². The number of aliphatic hydroxyl groups excluding tert-OH is 4. The van der Waals surface area contributed by atoms with Gasteiger partial charge in [-0.1, -0.05) is 24.3 Å². The van der Waals surface area contributed by atoms with E-state index in [1.54, 1.807) is 0 Å². The fourth-order valence-electron chi connectivity index (χ4n) is 6.35. The van der Waals surface area contributed by atoms with Crippen molar-refractivity contribution in [2.24, 2.45) is 0 Å². The molecule has 0 radical (unpaired) electrons. The van der Waals surface area contributed by atoms with Gasteiger partial charge < -0.3 is 63.6 Å². The summed E-state index contributed by atoms with van der Waals surface area (Å²) in [6.45, 7) is -2.39. The predicted molar refractivity (Wildman–Crippen MR) is 242 cm³/mol. The zero-order valence-corrected chi connectivity index (χ0v) is 51.4. The molecule has 75 heavy (non-hydrogen) atoms. The zero-order valence-electron chi connectivity index (χ0n) is 40.1. The number of rotatable bonds is 22. The minimum Gasteiger partial charge on any atom is -0.744 e. The zero-order chi connectivity index (χ0) is 51.9. The van der Waals surface area contributed by atoms with E-state index in [1.807, 2.05) is 0 Å². The molecule has 0 amide bonds. The second-order valence-corrected chi connectivity index (χ2v) is 19.8. The van der Waals surface area contributed by atoms with Crippen molar-refractivity contribution in [2.75, 3.05) is 68.1 Å². The standard InChI is InChI=1S/C40H41N9O18S4.4Na/c41-32-21-26(36-43-38(49(15-19-52)16-20-53)47-40(45-36)67-28-6-10-30(11-7-28)69(57,58)59)23-34(71(63,64)65)31(32)12-3-24-1-2-25(22-33(24)70(60,61)62)35-42-37(48(13-17-50)14-18-51)46-39(44-35)66-27-4-8-29(9-5-27)68(54,55)56;;;;/h1-12,21-23,50-53H,13-20,41H2,(H,54,55,56)(H,57,58,59)(H,60,61,62)(H,63,64,65);;;;/q;4*+1/p-4. The van der Waals surface area contributed by atoms with Crippen molar-refractivity contribution >= 4 is 70.2 Å². The number of benzene rings is 4. The van der Waals surface area contributed by atoms with Crippen molar-refractivity contribution in [3.8, 4) is 46.3 Å². The fourth-order valence-corrected chi connectivity index (χ4v) is 8.71. The van der Waals surface area contributed by atoms with Gasteiger partial charge in [0, 0.05) is 48.6 Å². The molecule has 0 unspecified atom stereocenters. The largest absolute Gasteiger partial charge is 1.00 e. The first-order valence-corrected chi connectivity index (χ1v) is 25.7. The number of ether oxygens (including phenoxy) is 2. The molecule has 35 heteroatoms. The number of aromatic nitrogens is 6. The Hall–Kier alpha value is -2.88. The molecule has 6 N–H and O–H groups in total. The Kier molecular flexibility index (Phi) is 26.7. The minimum absolute atomic E-state index is 0. The van der Waals surface area contributed by atoms with Gasteiger partial charge in [0.05, 0.1) is 46.0 Å². The summed E-state index contributed by atoms with van der Waals surface area (Å²) in [7, 11) is -20.5. The van der Waals surface area contributed by atoms with Gasteiger partial charge in [0.1, 0.15) is 52.0 Å². The van der Waals surface area contributed by atoms with Crippen LogP contribution in [0.15, 0.2) is 98.4 Å². The first-order chi connectivity index (χ1) is 33.4. The molecule has 2 heterocycles. The SMILES string of the molecule is Nc1cc(-c2nc(Oc3ccc(S(=O)(=O)[O-])cc3)nc(N(CCO)CCO)n2)cc(S(=O)(=O)[O-])c1C=Cc1ccc(-c2nc(Oc3ccc(S(=O)(=O)[O-])cc3)nc(N(CCO)CCO)n2)cc1S(=O)(=O)[O-].[Na+].[Na+].[Na+].[Na+]. The van der Waals surface area contributed by atoms with Crippen LogP contribution in [0.5, 0.6) is 23.5 Å². The molecule has 0 aliphatic heterocycles. The molecule has 6 aromatic rings. The number of aliphatic hydroxyl groups is 4. The van der Waals surface area contributed by atoms with Crippen molar-refractivity contribution in [3.63, 3.8) is 0 Å². The van der Waals surface area contributed by atoms with Crippen LogP contribution >= 0.6 is 0 Å². The van der Waals surface area contributed by atoms with Crippen LogP contribution < -0.4 is 143 Å². The van der Waals surface area contributed by atoms with Crippen molar-refractivity contribution in [2.45, 2.75) is 19.6 Å². The molecule has 0 bridgehead atoms. The quantitative estimate of drug-likeness (QED) is 0.0182. The van der Waals surface area contributed by atoms with E-state index in [0.29, 0.717) is 0 Å². The molecule has 0 fully saturated rings. The van der Waals surface area contributed by atoms with Gasteiger partial charge in [0.25, 0.3) is 0 Å². The summed E-state index contributed by atoms with van der Waals surface area (Å²) in [5.74, 6) is -1.34. The topological polar surface area (TPSA) is 438 Å². The van der Waals surface area contributed by atoms with Gasteiger partial charge in [-0.3, -0.25) is 0 Å². The summed E-state index contributed by atoms with van der Waals surface area (Å²) in [5.41, 5.74) is 4.67. The van der Waals surface area contributed by atoms with Gasteiger partial charge in [-0.15, -0.1) is 0 Å². The van der Waals surface area contributed by atoms with E-state index in [4.69, 9.17) is 15.2 Å². The number of hydrogen-bond acceptors (Lipinski definition) is 27. The number of nitrogens with zero attached hydrogens (tertiary/aromatic N) is 8. The third-order valence-corrected chi connectivity index (χ3v) is 13.0.